The highest BCUT2D eigenvalue weighted by atomic mass is 16.3. The molecule has 0 bridgehead atoms. The summed E-state index contributed by atoms with van der Waals surface area (Å²) in [6.45, 7) is 2.99. The van der Waals surface area contributed by atoms with Crippen molar-refractivity contribution in [3.05, 3.63) is 59.9 Å². The van der Waals surface area contributed by atoms with Gasteiger partial charge < -0.3 is 10.4 Å². The number of hydrogen-bond donors (Lipinski definition) is 2. The third-order valence-electron chi connectivity index (χ3n) is 3.25. The number of aromatic nitrogens is 1. The Morgan fingerprint density at radius 1 is 1.21 bits per heavy atom. The van der Waals surface area contributed by atoms with Crippen LogP contribution in [0.15, 0.2) is 48.8 Å². The Hall–Kier alpha value is -1.87. The van der Waals surface area contributed by atoms with Crippen LogP contribution in [0.3, 0.4) is 0 Å². The second kappa shape index (κ2) is 6.90. The molecule has 1 aromatic heterocycles. The van der Waals surface area contributed by atoms with Crippen LogP contribution in [0.2, 0.25) is 0 Å². The first kappa shape index (κ1) is 13.6. The minimum atomic E-state index is 0.192. The zero-order valence-corrected chi connectivity index (χ0v) is 11.2. The number of phenolic OH excluding ortho intramolecular Hbond substituents is 1. The standard InChI is InChI=1S/C16H20N2O/c1-2-15(14-7-3-4-8-16(14)19)18-11-9-13-6-5-10-17-12-13/h3-8,10,12,15,18-19H,2,9,11H2,1H3. The van der Waals surface area contributed by atoms with Crippen molar-refractivity contribution in [3.8, 4) is 5.75 Å². The summed E-state index contributed by atoms with van der Waals surface area (Å²) < 4.78 is 0. The van der Waals surface area contributed by atoms with E-state index >= 15 is 0 Å². The van der Waals surface area contributed by atoms with Crippen LogP contribution in [-0.4, -0.2) is 16.6 Å². The first-order chi connectivity index (χ1) is 9.31. The normalized spacial score (nSPS) is 12.3. The molecule has 1 atom stereocenters. The predicted octanol–water partition coefficient (Wildman–Crippen LogP) is 3.07. The Bertz CT molecular complexity index is 499. The Morgan fingerprint density at radius 2 is 2.05 bits per heavy atom. The number of nitrogens with zero attached hydrogens (tertiary/aromatic N) is 1. The number of hydrogen-bond acceptors (Lipinski definition) is 3. The number of pyridine rings is 1. The highest BCUT2D eigenvalue weighted by Gasteiger charge is 2.11. The van der Waals surface area contributed by atoms with Gasteiger partial charge in [-0.25, -0.2) is 0 Å². The van der Waals surface area contributed by atoms with Gasteiger partial charge in [-0.1, -0.05) is 31.2 Å². The second-order valence-corrected chi connectivity index (χ2v) is 4.59. The summed E-state index contributed by atoms with van der Waals surface area (Å²) >= 11 is 0. The van der Waals surface area contributed by atoms with E-state index in [2.05, 4.69) is 23.3 Å². The summed E-state index contributed by atoms with van der Waals surface area (Å²) in [7, 11) is 0. The van der Waals surface area contributed by atoms with E-state index in [0.717, 1.165) is 24.9 Å². The van der Waals surface area contributed by atoms with Gasteiger partial charge >= 0.3 is 0 Å². The molecule has 100 valence electrons. The fraction of sp³-hybridized carbons (Fsp3) is 0.312. The first-order valence-corrected chi connectivity index (χ1v) is 6.71. The van der Waals surface area contributed by atoms with Gasteiger partial charge in [-0.3, -0.25) is 4.98 Å². The maximum Gasteiger partial charge on any atom is 0.120 e. The molecule has 19 heavy (non-hydrogen) atoms. The maximum atomic E-state index is 9.88. The number of phenols is 1. The van der Waals surface area contributed by atoms with Crippen LogP contribution in [0.1, 0.15) is 30.5 Å². The lowest BCUT2D eigenvalue weighted by Crippen LogP contribution is -2.23. The molecular weight excluding hydrogens is 236 g/mol. The van der Waals surface area contributed by atoms with E-state index in [1.165, 1.54) is 5.56 Å². The average Bonchev–Trinajstić information content (AvgIpc) is 2.46. The van der Waals surface area contributed by atoms with Gasteiger partial charge in [0.15, 0.2) is 0 Å². The maximum absolute atomic E-state index is 9.88. The predicted molar refractivity (Wildman–Crippen MR) is 77.1 cm³/mol. The van der Waals surface area contributed by atoms with Crippen molar-refractivity contribution in [2.75, 3.05) is 6.54 Å². The zero-order valence-electron chi connectivity index (χ0n) is 11.2. The Labute approximate surface area is 114 Å². The van der Waals surface area contributed by atoms with Crippen LogP contribution < -0.4 is 5.32 Å². The van der Waals surface area contributed by atoms with Crippen molar-refractivity contribution in [1.82, 2.24) is 10.3 Å². The van der Waals surface area contributed by atoms with Crippen molar-refractivity contribution in [3.63, 3.8) is 0 Å². The highest BCUT2D eigenvalue weighted by molar-refractivity contribution is 5.34. The molecule has 2 rings (SSSR count). The van der Waals surface area contributed by atoms with E-state index in [0.29, 0.717) is 5.75 Å². The van der Waals surface area contributed by atoms with E-state index in [9.17, 15) is 5.11 Å². The van der Waals surface area contributed by atoms with Crippen LogP contribution in [-0.2, 0) is 6.42 Å². The molecule has 0 saturated heterocycles. The number of rotatable bonds is 6. The van der Waals surface area contributed by atoms with Gasteiger partial charge in [-0.05, 0) is 37.1 Å². The van der Waals surface area contributed by atoms with Crippen molar-refractivity contribution in [2.45, 2.75) is 25.8 Å². The molecule has 1 unspecified atom stereocenters. The lowest BCUT2D eigenvalue weighted by atomic mass is 10.0. The average molecular weight is 256 g/mol. The van der Waals surface area contributed by atoms with Gasteiger partial charge in [-0.15, -0.1) is 0 Å². The van der Waals surface area contributed by atoms with Crippen molar-refractivity contribution < 1.29 is 5.11 Å². The fourth-order valence-corrected chi connectivity index (χ4v) is 2.19. The molecule has 0 spiro atoms. The monoisotopic (exact) mass is 256 g/mol. The van der Waals surface area contributed by atoms with Crippen molar-refractivity contribution in [2.24, 2.45) is 0 Å². The minimum Gasteiger partial charge on any atom is -0.508 e. The van der Waals surface area contributed by atoms with Gasteiger partial charge in [-0.2, -0.15) is 0 Å². The molecule has 0 saturated carbocycles. The van der Waals surface area contributed by atoms with Crippen LogP contribution in [0.5, 0.6) is 5.75 Å². The summed E-state index contributed by atoms with van der Waals surface area (Å²) in [6, 6.07) is 11.7. The molecular formula is C16H20N2O. The summed E-state index contributed by atoms with van der Waals surface area (Å²) in [4.78, 5) is 4.11. The third-order valence-corrected chi connectivity index (χ3v) is 3.25. The van der Waals surface area contributed by atoms with E-state index < -0.39 is 0 Å². The number of nitrogens with one attached hydrogen (secondary N) is 1. The highest BCUT2D eigenvalue weighted by Crippen LogP contribution is 2.25. The molecule has 3 heteroatoms. The Morgan fingerprint density at radius 3 is 2.74 bits per heavy atom. The van der Waals surface area contributed by atoms with Crippen LogP contribution in [0.4, 0.5) is 0 Å². The molecule has 1 aromatic carbocycles. The molecule has 0 aliphatic rings. The summed E-state index contributed by atoms with van der Waals surface area (Å²) in [5.41, 5.74) is 2.19. The molecule has 0 aliphatic heterocycles. The topological polar surface area (TPSA) is 45.2 Å². The SMILES string of the molecule is CCC(NCCc1cccnc1)c1ccccc1O. The van der Waals surface area contributed by atoms with Crippen LogP contribution >= 0.6 is 0 Å². The number of benzene rings is 1. The Kier molecular flexibility index (Phi) is 4.93. The second-order valence-electron chi connectivity index (χ2n) is 4.59. The van der Waals surface area contributed by atoms with E-state index in [-0.39, 0.29) is 6.04 Å². The molecule has 2 aromatic rings. The lowest BCUT2D eigenvalue weighted by molar-refractivity contribution is 0.442. The molecule has 3 nitrogen and oxygen atoms in total. The quantitative estimate of drug-likeness (QED) is 0.835. The molecule has 0 fully saturated rings. The summed E-state index contributed by atoms with van der Waals surface area (Å²) in [5.74, 6) is 0.364. The number of aromatic hydroxyl groups is 1. The fourth-order valence-electron chi connectivity index (χ4n) is 2.19. The van der Waals surface area contributed by atoms with Gasteiger partial charge in [0.05, 0.1) is 0 Å². The lowest BCUT2D eigenvalue weighted by Gasteiger charge is -2.18. The smallest absolute Gasteiger partial charge is 0.120 e. The van der Waals surface area contributed by atoms with Gasteiger partial charge in [0.1, 0.15) is 5.75 Å². The Balaban J connectivity index is 1.92. The van der Waals surface area contributed by atoms with E-state index in [4.69, 9.17) is 0 Å². The first-order valence-electron chi connectivity index (χ1n) is 6.71. The molecule has 0 radical (unpaired) electrons. The van der Waals surface area contributed by atoms with Crippen molar-refractivity contribution in [1.29, 1.82) is 0 Å². The van der Waals surface area contributed by atoms with E-state index in [1.807, 2.05) is 30.5 Å². The minimum absolute atomic E-state index is 0.192. The summed E-state index contributed by atoms with van der Waals surface area (Å²) in [5, 5.41) is 13.4. The van der Waals surface area contributed by atoms with Gasteiger partial charge in [0, 0.05) is 24.0 Å². The molecule has 0 aliphatic carbocycles. The zero-order chi connectivity index (χ0) is 13.5. The largest absolute Gasteiger partial charge is 0.508 e. The molecule has 2 N–H and O–H groups in total. The molecule has 0 amide bonds. The van der Waals surface area contributed by atoms with Gasteiger partial charge in [0.25, 0.3) is 0 Å². The van der Waals surface area contributed by atoms with E-state index in [1.54, 1.807) is 12.3 Å². The van der Waals surface area contributed by atoms with Crippen LogP contribution in [0, 0.1) is 0 Å². The van der Waals surface area contributed by atoms with Gasteiger partial charge in [0.2, 0.25) is 0 Å². The van der Waals surface area contributed by atoms with Crippen molar-refractivity contribution >= 4 is 0 Å². The molecule has 1 heterocycles. The van der Waals surface area contributed by atoms with Crippen LogP contribution in [0.25, 0.3) is 0 Å². The number of para-hydroxylation sites is 1. The summed E-state index contributed by atoms with van der Waals surface area (Å²) in [6.07, 6.45) is 5.57. The third kappa shape index (κ3) is 3.80.